The van der Waals surface area contributed by atoms with Gasteiger partial charge in [0.05, 0.1) is 6.54 Å². The lowest BCUT2D eigenvalue weighted by molar-refractivity contribution is -0.792. The van der Waals surface area contributed by atoms with Crippen LogP contribution in [0, 0.1) is 0 Å². The molecule has 1 heterocycles. The van der Waals surface area contributed by atoms with E-state index in [-0.39, 0.29) is 0 Å². The Hall–Kier alpha value is -0.370. The number of quaternary nitrogens is 1. The van der Waals surface area contributed by atoms with Crippen LogP contribution in [0.1, 0.15) is 20.8 Å². The minimum atomic E-state index is 0.750. The van der Waals surface area contributed by atoms with Crippen LogP contribution in [-0.2, 0) is 0 Å². The molecule has 0 saturated carbocycles. The number of nitrogens with one attached hydrogen (secondary N) is 1. The normalized spacial score (nSPS) is 32.5. The van der Waals surface area contributed by atoms with E-state index < -0.39 is 0 Å². The van der Waals surface area contributed by atoms with Crippen molar-refractivity contribution in [1.29, 1.82) is 0 Å². The summed E-state index contributed by atoms with van der Waals surface area (Å²) in [5, 5.41) is 0. The molecule has 2 heteroatoms. The molecule has 0 aromatic heterocycles. The summed E-state index contributed by atoms with van der Waals surface area (Å²) < 4.78 is 2.42. The lowest BCUT2D eigenvalue weighted by Gasteiger charge is -1.99. The van der Waals surface area contributed by atoms with E-state index in [9.17, 15) is 0 Å². The van der Waals surface area contributed by atoms with Crippen molar-refractivity contribution in [3.63, 3.8) is 0 Å². The Kier molecular flexibility index (Phi) is 2.44. The standard InChI is InChI=1S/C8H17N2/c1-4-9-6-8(3)10(5-2)7-9/h7-8H,4-6H2,1-3H3/q+1/p+1. The van der Waals surface area contributed by atoms with Crippen LogP contribution in [-0.4, -0.2) is 36.6 Å². The maximum absolute atomic E-state index is 2.42. The molecule has 1 rings (SSSR count). The third kappa shape index (κ3) is 1.37. The lowest BCUT2D eigenvalue weighted by Crippen LogP contribution is -3.10. The second-order valence-electron chi connectivity index (χ2n) is 3.02. The van der Waals surface area contributed by atoms with Gasteiger partial charge in [-0.15, -0.1) is 0 Å². The summed E-state index contributed by atoms with van der Waals surface area (Å²) in [6, 6.07) is 0.750. The van der Waals surface area contributed by atoms with Crippen LogP contribution in [0.3, 0.4) is 0 Å². The van der Waals surface area contributed by atoms with Crippen molar-refractivity contribution in [2.24, 2.45) is 0 Å². The first-order valence-electron chi connectivity index (χ1n) is 4.23. The Balaban J connectivity index is 2.54. The second kappa shape index (κ2) is 3.15. The third-order valence-electron chi connectivity index (χ3n) is 2.29. The average molecular weight is 142 g/mol. The van der Waals surface area contributed by atoms with Gasteiger partial charge in [0.2, 0.25) is 6.04 Å². The van der Waals surface area contributed by atoms with Gasteiger partial charge in [0, 0.05) is 6.92 Å². The lowest BCUT2D eigenvalue weighted by atomic mass is 10.3. The highest BCUT2D eigenvalue weighted by Gasteiger charge is 2.28. The molecule has 1 aliphatic rings. The number of rotatable bonds is 2. The molecule has 0 saturated heterocycles. The minimum absolute atomic E-state index is 0.750. The maximum atomic E-state index is 2.42. The minimum Gasteiger partial charge on any atom is -0.249 e. The second-order valence-corrected chi connectivity index (χ2v) is 3.02. The number of nitrogens with zero attached hydrogens (tertiary/aromatic N) is 1. The zero-order valence-corrected chi connectivity index (χ0v) is 7.22. The van der Waals surface area contributed by atoms with Crippen molar-refractivity contribution in [3.8, 4) is 0 Å². The van der Waals surface area contributed by atoms with E-state index in [1.165, 1.54) is 13.1 Å². The fraction of sp³-hybridized carbons (Fsp3) is 0.875. The highest BCUT2D eigenvalue weighted by Crippen LogP contribution is 1.88. The number of likely N-dealkylation sites (N-methyl/N-ethyl adjacent to an activating group) is 2. The summed E-state index contributed by atoms with van der Waals surface area (Å²) in [6.45, 7) is 10.4. The summed E-state index contributed by atoms with van der Waals surface area (Å²) >= 11 is 0. The highest BCUT2D eigenvalue weighted by molar-refractivity contribution is 5.37. The predicted molar refractivity (Wildman–Crippen MR) is 42.7 cm³/mol. The van der Waals surface area contributed by atoms with Crippen LogP contribution in [0.2, 0.25) is 0 Å². The van der Waals surface area contributed by atoms with Crippen LogP contribution in [0.4, 0.5) is 0 Å². The van der Waals surface area contributed by atoms with Crippen molar-refractivity contribution >= 4 is 6.34 Å². The van der Waals surface area contributed by atoms with Crippen LogP contribution in [0.5, 0.6) is 0 Å². The van der Waals surface area contributed by atoms with Gasteiger partial charge in [0.1, 0.15) is 13.1 Å². The van der Waals surface area contributed by atoms with E-state index in [4.69, 9.17) is 0 Å². The molecule has 2 atom stereocenters. The van der Waals surface area contributed by atoms with E-state index in [1.807, 2.05) is 0 Å². The molecule has 0 spiro atoms. The zero-order chi connectivity index (χ0) is 7.56. The molecule has 1 aliphatic heterocycles. The van der Waals surface area contributed by atoms with Crippen LogP contribution in [0.15, 0.2) is 0 Å². The van der Waals surface area contributed by atoms with Gasteiger partial charge in [-0.2, -0.15) is 4.58 Å². The SMILES string of the molecule is CC[N+]1=C[NH+](CC)CC1C. The molecule has 1 N–H and O–H groups in total. The first-order chi connectivity index (χ1) is 4.77. The Morgan fingerprint density at radius 2 is 2.30 bits per heavy atom. The fourth-order valence-electron chi connectivity index (χ4n) is 1.55. The molecule has 2 unspecified atom stereocenters. The van der Waals surface area contributed by atoms with Gasteiger partial charge in [-0.1, -0.05) is 0 Å². The Morgan fingerprint density at radius 1 is 1.60 bits per heavy atom. The topological polar surface area (TPSA) is 7.45 Å². The van der Waals surface area contributed by atoms with E-state index >= 15 is 0 Å². The van der Waals surface area contributed by atoms with Crippen molar-refractivity contribution in [2.45, 2.75) is 26.8 Å². The van der Waals surface area contributed by atoms with Crippen LogP contribution in [0.25, 0.3) is 0 Å². The monoisotopic (exact) mass is 142 g/mol. The van der Waals surface area contributed by atoms with Crippen molar-refractivity contribution in [2.75, 3.05) is 19.6 Å². The third-order valence-corrected chi connectivity index (χ3v) is 2.29. The molecule has 0 bridgehead atoms. The molecule has 2 nitrogen and oxygen atoms in total. The quantitative estimate of drug-likeness (QED) is 0.490. The van der Waals surface area contributed by atoms with Gasteiger partial charge in [-0.25, -0.2) is 4.90 Å². The molecule has 0 aromatic rings. The summed E-state index contributed by atoms with van der Waals surface area (Å²) in [5.74, 6) is 0. The van der Waals surface area contributed by atoms with Crippen molar-refractivity contribution in [1.82, 2.24) is 0 Å². The van der Waals surface area contributed by atoms with Gasteiger partial charge >= 0.3 is 6.34 Å². The van der Waals surface area contributed by atoms with Gasteiger partial charge in [0.25, 0.3) is 0 Å². The molecule has 0 amide bonds. The molecule has 58 valence electrons. The smallest absolute Gasteiger partial charge is 0.249 e. The Bertz CT molecular complexity index is 140. The van der Waals surface area contributed by atoms with E-state index in [1.54, 1.807) is 4.90 Å². The van der Waals surface area contributed by atoms with Crippen molar-refractivity contribution in [3.05, 3.63) is 0 Å². The zero-order valence-electron chi connectivity index (χ0n) is 7.22. The van der Waals surface area contributed by atoms with Gasteiger partial charge < -0.3 is 0 Å². The van der Waals surface area contributed by atoms with Gasteiger partial charge in [-0.3, -0.25) is 0 Å². The number of hydrogen-bond acceptors (Lipinski definition) is 0. The highest BCUT2D eigenvalue weighted by atomic mass is 15.3. The van der Waals surface area contributed by atoms with Gasteiger partial charge in [-0.05, 0) is 13.8 Å². The summed E-state index contributed by atoms with van der Waals surface area (Å²) in [6.07, 6.45) is 2.32. The molecular weight excluding hydrogens is 124 g/mol. The first kappa shape index (κ1) is 7.73. The average Bonchev–Trinajstić information content (AvgIpc) is 2.30. The Morgan fingerprint density at radius 3 is 2.60 bits per heavy atom. The predicted octanol–water partition coefficient (Wildman–Crippen LogP) is -0.646. The Labute approximate surface area is 63.2 Å². The summed E-state index contributed by atoms with van der Waals surface area (Å²) in [5.41, 5.74) is 0. The van der Waals surface area contributed by atoms with Gasteiger partial charge in [0.15, 0.2) is 0 Å². The van der Waals surface area contributed by atoms with E-state index in [2.05, 4.69) is 31.7 Å². The van der Waals surface area contributed by atoms with E-state index in [0.29, 0.717) is 0 Å². The van der Waals surface area contributed by atoms with Crippen LogP contribution >= 0.6 is 0 Å². The molecular formula is C8H18N2+2. The summed E-state index contributed by atoms with van der Waals surface area (Å²) in [7, 11) is 0. The first-order valence-corrected chi connectivity index (χ1v) is 4.23. The van der Waals surface area contributed by atoms with E-state index in [0.717, 1.165) is 12.6 Å². The molecule has 0 radical (unpaired) electrons. The molecule has 0 aromatic carbocycles. The molecule has 0 fully saturated rings. The summed E-state index contributed by atoms with van der Waals surface area (Å²) in [4.78, 5) is 1.61. The number of hydrogen-bond donors (Lipinski definition) is 1. The molecule has 0 aliphatic carbocycles. The van der Waals surface area contributed by atoms with Crippen LogP contribution < -0.4 is 4.90 Å². The fourth-order valence-corrected chi connectivity index (χ4v) is 1.55. The largest absolute Gasteiger partial charge is 0.325 e. The maximum Gasteiger partial charge on any atom is 0.325 e. The van der Waals surface area contributed by atoms with Crippen molar-refractivity contribution < 1.29 is 9.48 Å². The molecule has 10 heavy (non-hydrogen) atoms.